The van der Waals surface area contributed by atoms with Crippen LogP contribution in [0.3, 0.4) is 0 Å². The molecule has 1 unspecified atom stereocenters. The van der Waals surface area contributed by atoms with E-state index < -0.39 is 27.7 Å². The van der Waals surface area contributed by atoms with Gasteiger partial charge in [0.2, 0.25) is 0 Å². The van der Waals surface area contributed by atoms with Crippen LogP contribution in [-0.2, 0) is 19.4 Å². The van der Waals surface area contributed by atoms with E-state index in [1.807, 2.05) is 4.90 Å². The highest BCUT2D eigenvalue weighted by atomic mass is 32.2. The first-order valence-corrected chi connectivity index (χ1v) is 9.83. The molecule has 0 aliphatic carbocycles. The van der Waals surface area contributed by atoms with Crippen LogP contribution in [0.15, 0.2) is 0 Å². The lowest BCUT2D eigenvalue weighted by molar-refractivity contribution is -0.153. The van der Waals surface area contributed by atoms with Crippen molar-refractivity contribution < 1.29 is 23.1 Å². The van der Waals surface area contributed by atoms with Gasteiger partial charge in [-0.2, -0.15) is 0 Å². The molecular weight excluding hydrogens is 322 g/mol. The molecule has 0 saturated carbocycles. The van der Waals surface area contributed by atoms with E-state index in [9.17, 15) is 18.0 Å². The second-order valence-corrected chi connectivity index (χ2v) is 8.23. The SMILES string of the molecule is CCN(C(=O)C(=O)N1CCN(CCO)CC1)C1CCS(=O)(=O)C1. The Hall–Kier alpha value is -1.19. The zero-order valence-corrected chi connectivity index (χ0v) is 14.3. The maximum atomic E-state index is 12.5. The van der Waals surface area contributed by atoms with Crippen molar-refractivity contribution in [2.75, 3.05) is 57.4 Å². The first kappa shape index (κ1) is 18.2. The Bertz CT molecular complexity index is 543. The van der Waals surface area contributed by atoms with Crippen LogP contribution in [-0.4, -0.2) is 103 Å². The summed E-state index contributed by atoms with van der Waals surface area (Å²) in [5.41, 5.74) is 0. The van der Waals surface area contributed by atoms with Crippen LogP contribution in [0.25, 0.3) is 0 Å². The summed E-state index contributed by atoms with van der Waals surface area (Å²) in [6, 6.07) is -0.392. The lowest BCUT2D eigenvalue weighted by Gasteiger charge is -2.35. The number of rotatable bonds is 4. The van der Waals surface area contributed by atoms with Crippen molar-refractivity contribution in [2.24, 2.45) is 0 Å². The molecule has 2 amide bonds. The van der Waals surface area contributed by atoms with Crippen molar-refractivity contribution in [3.8, 4) is 0 Å². The van der Waals surface area contributed by atoms with Crippen molar-refractivity contribution >= 4 is 21.7 Å². The molecule has 0 bridgehead atoms. The summed E-state index contributed by atoms with van der Waals surface area (Å²) >= 11 is 0. The number of nitrogens with zero attached hydrogens (tertiary/aromatic N) is 3. The molecule has 2 rings (SSSR count). The first-order chi connectivity index (χ1) is 10.9. The largest absolute Gasteiger partial charge is 0.395 e. The molecule has 23 heavy (non-hydrogen) atoms. The second kappa shape index (κ2) is 7.59. The van der Waals surface area contributed by atoms with Crippen molar-refractivity contribution in [3.05, 3.63) is 0 Å². The summed E-state index contributed by atoms with van der Waals surface area (Å²) in [4.78, 5) is 29.8. The van der Waals surface area contributed by atoms with Gasteiger partial charge in [-0.05, 0) is 13.3 Å². The first-order valence-electron chi connectivity index (χ1n) is 8.01. The Kier molecular flexibility index (Phi) is 5.99. The Labute approximate surface area is 136 Å². The van der Waals surface area contributed by atoms with Gasteiger partial charge in [-0.25, -0.2) is 8.42 Å². The Morgan fingerprint density at radius 1 is 1.22 bits per heavy atom. The molecule has 2 aliphatic rings. The Balaban J connectivity index is 1.94. The number of carbonyl (C=O) groups excluding carboxylic acids is 2. The number of amides is 2. The van der Waals surface area contributed by atoms with Crippen LogP contribution in [0.4, 0.5) is 0 Å². The minimum absolute atomic E-state index is 0.0515. The maximum Gasteiger partial charge on any atom is 0.312 e. The van der Waals surface area contributed by atoms with E-state index in [4.69, 9.17) is 5.11 Å². The van der Waals surface area contributed by atoms with Gasteiger partial charge >= 0.3 is 11.8 Å². The Morgan fingerprint density at radius 3 is 2.35 bits per heavy atom. The van der Waals surface area contributed by atoms with Gasteiger partial charge in [0.1, 0.15) is 0 Å². The maximum absolute atomic E-state index is 12.5. The molecule has 132 valence electrons. The summed E-state index contributed by atoms with van der Waals surface area (Å²) in [6.45, 7) is 4.89. The summed E-state index contributed by atoms with van der Waals surface area (Å²) in [6.07, 6.45) is 0.402. The van der Waals surface area contributed by atoms with Crippen LogP contribution in [0.2, 0.25) is 0 Å². The van der Waals surface area contributed by atoms with Gasteiger partial charge in [-0.1, -0.05) is 0 Å². The van der Waals surface area contributed by atoms with Gasteiger partial charge in [-0.15, -0.1) is 0 Å². The lowest BCUT2D eigenvalue weighted by atomic mass is 10.2. The number of likely N-dealkylation sites (N-methyl/N-ethyl adjacent to an activating group) is 1. The molecule has 1 atom stereocenters. The van der Waals surface area contributed by atoms with Gasteiger partial charge in [0.05, 0.1) is 18.1 Å². The fraction of sp³-hybridized carbons (Fsp3) is 0.857. The predicted octanol–water partition coefficient (Wildman–Crippen LogP) is -1.84. The molecule has 0 radical (unpaired) electrons. The van der Waals surface area contributed by atoms with E-state index in [2.05, 4.69) is 0 Å². The zero-order chi connectivity index (χ0) is 17.0. The molecule has 9 heteroatoms. The minimum Gasteiger partial charge on any atom is -0.395 e. The third kappa shape index (κ3) is 4.42. The molecule has 2 aliphatic heterocycles. The molecule has 2 heterocycles. The van der Waals surface area contributed by atoms with Crippen LogP contribution in [0, 0.1) is 0 Å². The zero-order valence-electron chi connectivity index (χ0n) is 13.5. The summed E-state index contributed by atoms with van der Waals surface area (Å²) in [5, 5.41) is 8.92. The van der Waals surface area contributed by atoms with Crippen LogP contribution < -0.4 is 0 Å². The Morgan fingerprint density at radius 2 is 1.87 bits per heavy atom. The molecular formula is C14H25N3O5S. The predicted molar refractivity (Wildman–Crippen MR) is 84.6 cm³/mol. The number of hydrogen-bond donors (Lipinski definition) is 1. The highest BCUT2D eigenvalue weighted by Gasteiger charge is 2.37. The number of aliphatic hydroxyl groups is 1. The van der Waals surface area contributed by atoms with E-state index in [-0.39, 0.29) is 18.1 Å². The van der Waals surface area contributed by atoms with Crippen molar-refractivity contribution in [1.82, 2.24) is 14.7 Å². The third-order valence-electron chi connectivity index (χ3n) is 4.51. The average molecular weight is 347 g/mol. The van der Waals surface area contributed by atoms with Gasteiger partial charge in [0.15, 0.2) is 9.84 Å². The molecule has 2 saturated heterocycles. The minimum atomic E-state index is -3.10. The quantitative estimate of drug-likeness (QED) is 0.600. The van der Waals surface area contributed by atoms with Gasteiger partial charge in [-0.3, -0.25) is 14.5 Å². The average Bonchev–Trinajstić information content (AvgIpc) is 2.88. The molecule has 1 N–H and O–H groups in total. The lowest BCUT2D eigenvalue weighted by Crippen LogP contribution is -2.55. The van der Waals surface area contributed by atoms with Gasteiger partial charge in [0.25, 0.3) is 0 Å². The van der Waals surface area contributed by atoms with Crippen molar-refractivity contribution in [2.45, 2.75) is 19.4 Å². The van der Waals surface area contributed by atoms with Gasteiger partial charge < -0.3 is 14.9 Å². The summed E-state index contributed by atoms with van der Waals surface area (Å²) in [5.74, 6) is -1.13. The monoisotopic (exact) mass is 347 g/mol. The fourth-order valence-corrected chi connectivity index (χ4v) is 4.89. The molecule has 8 nitrogen and oxygen atoms in total. The van der Waals surface area contributed by atoms with E-state index in [0.717, 1.165) is 0 Å². The number of hydrogen-bond acceptors (Lipinski definition) is 6. The normalized spacial score (nSPS) is 24.6. The van der Waals surface area contributed by atoms with Crippen molar-refractivity contribution in [3.63, 3.8) is 0 Å². The molecule has 0 aromatic carbocycles. The number of carbonyl (C=O) groups is 2. The topological polar surface area (TPSA) is 98.2 Å². The number of β-amino-alcohol motifs (C(OH)–C–C–N with tert-alkyl or cyclic N) is 1. The third-order valence-corrected chi connectivity index (χ3v) is 6.26. The summed E-state index contributed by atoms with van der Waals surface area (Å²) < 4.78 is 23.2. The summed E-state index contributed by atoms with van der Waals surface area (Å²) in [7, 11) is -3.10. The van der Waals surface area contributed by atoms with Crippen LogP contribution >= 0.6 is 0 Å². The smallest absolute Gasteiger partial charge is 0.312 e. The molecule has 0 spiro atoms. The number of piperazine rings is 1. The highest BCUT2D eigenvalue weighted by molar-refractivity contribution is 7.91. The number of aliphatic hydroxyl groups excluding tert-OH is 1. The molecule has 0 aromatic rings. The van der Waals surface area contributed by atoms with Gasteiger partial charge in [0, 0.05) is 45.3 Å². The van der Waals surface area contributed by atoms with E-state index in [1.54, 1.807) is 6.92 Å². The van der Waals surface area contributed by atoms with E-state index in [0.29, 0.717) is 45.7 Å². The van der Waals surface area contributed by atoms with E-state index in [1.165, 1.54) is 9.80 Å². The highest BCUT2D eigenvalue weighted by Crippen LogP contribution is 2.18. The van der Waals surface area contributed by atoms with E-state index >= 15 is 0 Å². The fourth-order valence-electron chi connectivity index (χ4n) is 3.16. The molecule has 0 aromatic heterocycles. The van der Waals surface area contributed by atoms with Crippen molar-refractivity contribution in [1.29, 1.82) is 0 Å². The molecule has 2 fully saturated rings. The number of sulfone groups is 1. The standard InChI is InChI=1S/C14H25N3O5S/c1-2-17(12-3-10-23(21,22)11-12)14(20)13(19)16-6-4-15(5-7-16)8-9-18/h12,18H,2-11H2,1H3. The van der Waals surface area contributed by atoms with Crippen LogP contribution in [0.1, 0.15) is 13.3 Å². The second-order valence-electron chi connectivity index (χ2n) is 6.01. The van der Waals surface area contributed by atoms with Crippen LogP contribution in [0.5, 0.6) is 0 Å².